The molecule has 3 aromatic heterocycles. The van der Waals surface area contributed by atoms with E-state index in [9.17, 15) is 0 Å². The Balaban J connectivity index is 1.70. The molecule has 1 aliphatic carbocycles. The van der Waals surface area contributed by atoms with E-state index in [-0.39, 0.29) is 6.04 Å². The lowest BCUT2D eigenvalue weighted by Gasteiger charge is -2.18. The van der Waals surface area contributed by atoms with Crippen LogP contribution in [0.5, 0.6) is 0 Å². The molecule has 3 aromatic rings. The van der Waals surface area contributed by atoms with Crippen LogP contribution in [0.4, 0.5) is 0 Å². The highest BCUT2D eigenvalue weighted by Crippen LogP contribution is 2.35. The van der Waals surface area contributed by atoms with Crippen LogP contribution < -0.4 is 0 Å². The maximum absolute atomic E-state index is 7.26. The van der Waals surface area contributed by atoms with E-state index in [1.54, 1.807) is 6.33 Å². The average Bonchev–Trinajstić information content (AvgIpc) is 3.32. The van der Waals surface area contributed by atoms with Crippen molar-refractivity contribution in [1.29, 1.82) is 0 Å². The van der Waals surface area contributed by atoms with Gasteiger partial charge in [0.1, 0.15) is 18.0 Å². The lowest BCUT2D eigenvalue weighted by molar-refractivity contribution is 0.329. The molecule has 1 fully saturated rings. The van der Waals surface area contributed by atoms with Gasteiger partial charge >= 0.3 is 0 Å². The molecule has 0 unspecified atom stereocenters. The topological polar surface area (TPSA) is 63.8 Å². The molecule has 3 heterocycles. The molecule has 1 N–H and O–H groups in total. The highest BCUT2D eigenvalue weighted by molar-refractivity contribution is 5.89. The van der Waals surface area contributed by atoms with Gasteiger partial charge in [-0.2, -0.15) is 5.10 Å². The van der Waals surface area contributed by atoms with Crippen LogP contribution in [0.1, 0.15) is 31.7 Å². The van der Waals surface area contributed by atoms with Crippen LogP contribution >= 0.6 is 0 Å². The molecule has 0 radical (unpaired) electrons. The minimum absolute atomic E-state index is 0.173. The summed E-state index contributed by atoms with van der Waals surface area (Å²) in [5.41, 5.74) is 2.69. The van der Waals surface area contributed by atoms with E-state index in [0.717, 1.165) is 22.3 Å². The van der Waals surface area contributed by atoms with Gasteiger partial charge < -0.3 is 9.83 Å². The van der Waals surface area contributed by atoms with E-state index in [4.69, 9.17) is 6.57 Å². The molecule has 6 heteroatoms. The summed E-state index contributed by atoms with van der Waals surface area (Å²) in [4.78, 5) is 15.4. The summed E-state index contributed by atoms with van der Waals surface area (Å²) in [7, 11) is 0. The van der Waals surface area contributed by atoms with Crippen molar-refractivity contribution in [2.45, 2.75) is 31.7 Å². The number of H-pyrrole nitrogens is 1. The summed E-state index contributed by atoms with van der Waals surface area (Å²) in [6.45, 7) is 7.76. The van der Waals surface area contributed by atoms with Crippen molar-refractivity contribution >= 4 is 11.0 Å². The van der Waals surface area contributed by atoms with Gasteiger partial charge in [-0.3, -0.25) is 4.68 Å². The predicted octanol–water partition coefficient (Wildman–Crippen LogP) is 3.47. The Labute approximate surface area is 134 Å². The van der Waals surface area contributed by atoms with Crippen LogP contribution in [-0.2, 0) is 0 Å². The lowest BCUT2D eigenvalue weighted by Crippen LogP contribution is -2.20. The number of aromatic nitrogens is 5. The summed E-state index contributed by atoms with van der Waals surface area (Å²) in [6, 6.07) is 2.16. The van der Waals surface area contributed by atoms with Gasteiger partial charge in [-0.05, 0) is 24.8 Å². The second-order valence-corrected chi connectivity index (χ2v) is 6.12. The Morgan fingerprint density at radius 1 is 1.35 bits per heavy atom. The number of nitrogens with zero attached hydrogens (tertiary/aromatic N) is 5. The summed E-state index contributed by atoms with van der Waals surface area (Å²) < 4.78 is 1.98. The van der Waals surface area contributed by atoms with Gasteiger partial charge in [0.05, 0.1) is 11.9 Å². The molecule has 0 aliphatic heterocycles. The third kappa shape index (κ3) is 2.48. The standard InChI is InChI=1S/C17H18N6/c1-18-9-15(12-4-2-3-5-12)23-10-13(8-22-23)16-14-6-7-19-17(14)21-11-20-16/h6-8,10-12,15H,2-5,9H2,(H,19,20,21)/t15-/m1/s1. The van der Waals surface area contributed by atoms with E-state index >= 15 is 0 Å². The first-order chi connectivity index (χ1) is 11.4. The monoisotopic (exact) mass is 306 g/mol. The molecule has 0 saturated heterocycles. The Morgan fingerprint density at radius 3 is 3.04 bits per heavy atom. The summed E-state index contributed by atoms with van der Waals surface area (Å²) in [5.74, 6) is 0.564. The molecule has 0 bridgehead atoms. The predicted molar refractivity (Wildman–Crippen MR) is 87.6 cm³/mol. The summed E-state index contributed by atoms with van der Waals surface area (Å²) >= 11 is 0. The second-order valence-electron chi connectivity index (χ2n) is 6.12. The second kappa shape index (κ2) is 5.84. The van der Waals surface area contributed by atoms with Gasteiger partial charge in [0, 0.05) is 23.3 Å². The van der Waals surface area contributed by atoms with Gasteiger partial charge in [0.2, 0.25) is 6.54 Å². The van der Waals surface area contributed by atoms with Gasteiger partial charge in [-0.15, -0.1) is 0 Å². The molecule has 6 nitrogen and oxygen atoms in total. The zero-order valence-electron chi connectivity index (χ0n) is 12.8. The summed E-state index contributed by atoms with van der Waals surface area (Å²) in [6.07, 6.45) is 12.2. The molecule has 0 amide bonds. The number of hydrogen-bond donors (Lipinski definition) is 1. The summed E-state index contributed by atoms with van der Waals surface area (Å²) in [5, 5.41) is 5.55. The molecule has 23 heavy (non-hydrogen) atoms. The number of aromatic amines is 1. The first kappa shape index (κ1) is 13.9. The van der Waals surface area contributed by atoms with Crippen LogP contribution in [0.15, 0.2) is 31.0 Å². The van der Waals surface area contributed by atoms with E-state index < -0.39 is 0 Å². The number of fused-ring (bicyclic) bond motifs is 1. The number of nitrogens with one attached hydrogen (secondary N) is 1. The van der Waals surface area contributed by atoms with Gasteiger partial charge in [-0.25, -0.2) is 16.5 Å². The largest absolute Gasteiger partial charge is 0.346 e. The molecular weight excluding hydrogens is 288 g/mol. The van der Waals surface area contributed by atoms with Crippen LogP contribution in [-0.4, -0.2) is 31.3 Å². The van der Waals surface area contributed by atoms with E-state index in [2.05, 4.69) is 24.9 Å². The van der Waals surface area contributed by atoms with Crippen LogP contribution in [0.25, 0.3) is 27.1 Å². The molecule has 116 valence electrons. The fourth-order valence-electron chi connectivity index (χ4n) is 3.63. The number of hydrogen-bond acceptors (Lipinski definition) is 3. The Bertz CT molecular complexity index is 849. The number of rotatable bonds is 4. The minimum atomic E-state index is 0.173. The zero-order chi connectivity index (χ0) is 15.6. The van der Waals surface area contributed by atoms with Crippen molar-refractivity contribution in [2.24, 2.45) is 5.92 Å². The first-order valence-corrected chi connectivity index (χ1v) is 8.02. The Morgan fingerprint density at radius 2 is 2.22 bits per heavy atom. The van der Waals surface area contributed by atoms with Crippen molar-refractivity contribution in [3.05, 3.63) is 42.4 Å². The molecule has 1 saturated carbocycles. The van der Waals surface area contributed by atoms with E-state index in [1.165, 1.54) is 25.7 Å². The first-order valence-electron chi connectivity index (χ1n) is 8.02. The fourth-order valence-corrected chi connectivity index (χ4v) is 3.63. The molecule has 4 rings (SSSR count). The van der Waals surface area contributed by atoms with Crippen LogP contribution in [0.2, 0.25) is 0 Å². The van der Waals surface area contributed by atoms with Crippen molar-refractivity contribution in [2.75, 3.05) is 6.54 Å². The Hall–Kier alpha value is -2.68. The third-order valence-corrected chi connectivity index (χ3v) is 4.79. The van der Waals surface area contributed by atoms with Gasteiger partial charge in [-0.1, -0.05) is 12.8 Å². The zero-order valence-corrected chi connectivity index (χ0v) is 12.8. The molecule has 1 atom stereocenters. The highest BCUT2D eigenvalue weighted by atomic mass is 15.3. The van der Waals surface area contributed by atoms with E-state index in [1.807, 2.05) is 29.3 Å². The van der Waals surface area contributed by atoms with Crippen molar-refractivity contribution in [3.8, 4) is 11.3 Å². The van der Waals surface area contributed by atoms with Crippen molar-refractivity contribution < 1.29 is 0 Å². The van der Waals surface area contributed by atoms with Crippen LogP contribution in [0, 0.1) is 12.5 Å². The van der Waals surface area contributed by atoms with Crippen molar-refractivity contribution in [1.82, 2.24) is 24.7 Å². The molecule has 0 aromatic carbocycles. The Kier molecular flexibility index (Phi) is 3.54. The average molecular weight is 306 g/mol. The fraction of sp³-hybridized carbons (Fsp3) is 0.412. The maximum atomic E-state index is 7.26. The van der Waals surface area contributed by atoms with Gasteiger partial charge in [0.25, 0.3) is 0 Å². The van der Waals surface area contributed by atoms with Crippen LogP contribution in [0.3, 0.4) is 0 Å². The third-order valence-electron chi connectivity index (χ3n) is 4.79. The normalized spacial score (nSPS) is 16.7. The van der Waals surface area contributed by atoms with E-state index in [0.29, 0.717) is 12.5 Å². The quantitative estimate of drug-likeness (QED) is 0.751. The molecular formula is C17H18N6. The molecule has 1 aliphatic rings. The lowest BCUT2D eigenvalue weighted by atomic mass is 9.98. The maximum Gasteiger partial charge on any atom is 0.237 e. The molecule has 0 spiro atoms. The highest BCUT2D eigenvalue weighted by Gasteiger charge is 2.29. The SMILES string of the molecule is [C-]#[N+]C[C@H](C1CCCC1)n1cc(-c2ncnc3[nH]ccc23)cn1. The minimum Gasteiger partial charge on any atom is -0.346 e. The van der Waals surface area contributed by atoms with Gasteiger partial charge in [0.15, 0.2) is 0 Å². The van der Waals surface area contributed by atoms with Crippen molar-refractivity contribution in [3.63, 3.8) is 0 Å². The smallest absolute Gasteiger partial charge is 0.237 e.